The highest BCUT2D eigenvalue weighted by Crippen LogP contribution is 2.39. The summed E-state index contributed by atoms with van der Waals surface area (Å²) in [6.07, 6.45) is 4.62. The molecule has 1 aliphatic carbocycles. The molecule has 68 heavy (non-hydrogen) atoms. The summed E-state index contributed by atoms with van der Waals surface area (Å²) in [6.45, 7) is 14.6. The van der Waals surface area contributed by atoms with Gasteiger partial charge in [0.25, 0.3) is 11.7 Å². The van der Waals surface area contributed by atoms with E-state index in [0.717, 1.165) is 5.57 Å². The first-order chi connectivity index (χ1) is 32.4. The number of cyclic esters (lactones) is 1. The van der Waals surface area contributed by atoms with Crippen LogP contribution in [0.3, 0.4) is 0 Å². The van der Waals surface area contributed by atoms with Crippen molar-refractivity contribution in [2.24, 2.45) is 29.6 Å². The Kier molecular flexibility index (Phi) is 23.8. The molecule has 0 aromatic heterocycles. The molecule has 1 amide bonds. The summed E-state index contributed by atoms with van der Waals surface area (Å²) < 4.78 is 46.6. The van der Waals surface area contributed by atoms with E-state index < -0.39 is 90.0 Å². The number of hydrogen-bond donors (Lipinski definition) is 2. The molecule has 1 saturated carbocycles. The number of Topliss-reactive ketones (excluding diaryl/α,β-unsaturated/α-hetero) is 2. The fourth-order valence-electron chi connectivity index (χ4n) is 10.3. The third-order valence-electron chi connectivity index (χ3n) is 14.2. The van der Waals surface area contributed by atoms with Gasteiger partial charge < -0.3 is 53.0 Å². The Morgan fingerprint density at radius 1 is 0.926 bits per heavy atom. The number of ether oxygens (including phenoxy) is 8. The molecule has 0 spiro atoms. The first kappa shape index (κ1) is 57.6. The van der Waals surface area contributed by atoms with Crippen LogP contribution in [-0.2, 0) is 61.9 Å². The lowest BCUT2D eigenvalue weighted by Gasteiger charge is -2.47. The van der Waals surface area contributed by atoms with E-state index in [4.69, 9.17) is 37.9 Å². The Bertz CT molecular complexity index is 1740. The monoisotopic (exact) mass is 980 g/mol. The molecule has 0 aromatic rings. The molecule has 16 nitrogen and oxygen atoms in total. The zero-order valence-corrected chi connectivity index (χ0v) is 42.8. The van der Waals surface area contributed by atoms with Gasteiger partial charge in [-0.25, -0.2) is 4.79 Å². The maximum absolute atomic E-state index is 14.5. The molecule has 17 heteroatoms. The molecule has 14 atom stereocenters. The number of ketones is 2. The van der Waals surface area contributed by atoms with Gasteiger partial charge >= 0.3 is 11.9 Å². The number of piperidine rings is 1. The van der Waals surface area contributed by atoms with Crippen LogP contribution in [0.25, 0.3) is 0 Å². The van der Waals surface area contributed by atoms with Crippen molar-refractivity contribution in [2.75, 3.05) is 66.3 Å². The third kappa shape index (κ3) is 15.8. The van der Waals surface area contributed by atoms with E-state index in [1.165, 1.54) is 30.9 Å². The molecule has 2 bridgehead atoms. The minimum atomic E-state index is -2.54. The third-order valence-corrected chi connectivity index (χ3v) is 15.0. The van der Waals surface area contributed by atoms with E-state index >= 15 is 0 Å². The van der Waals surface area contributed by atoms with Crippen molar-refractivity contribution in [1.29, 1.82) is 0 Å². The van der Waals surface area contributed by atoms with Gasteiger partial charge in [0, 0.05) is 64.9 Å². The average molecular weight is 980 g/mol. The van der Waals surface area contributed by atoms with Crippen LogP contribution in [0.4, 0.5) is 0 Å². The highest BCUT2D eigenvalue weighted by Gasteiger charge is 2.56. The van der Waals surface area contributed by atoms with E-state index in [0.29, 0.717) is 82.5 Å². The predicted octanol–water partition coefficient (Wildman–Crippen LogP) is 5.59. The molecule has 3 fully saturated rings. The summed E-state index contributed by atoms with van der Waals surface area (Å²) in [7, 11) is 6.23. The van der Waals surface area contributed by atoms with E-state index in [9.17, 15) is 34.2 Å². The highest BCUT2D eigenvalue weighted by molar-refractivity contribution is 7.99. The topological polar surface area (TPSA) is 203 Å². The molecule has 0 radical (unpaired) electrons. The molecule has 4 aliphatic rings. The fourth-order valence-corrected chi connectivity index (χ4v) is 10.9. The molecular formula is C51H81NO15S. The first-order valence-corrected chi connectivity index (χ1v) is 25.6. The van der Waals surface area contributed by atoms with Crippen LogP contribution in [0.2, 0.25) is 0 Å². The second-order valence-electron chi connectivity index (χ2n) is 19.4. The van der Waals surface area contributed by atoms with Crippen molar-refractivity contribution in [3.05, 3.63) is 36.0 Å². The quantitative estimate of drug-likeness (QED) is 0.0839. The van der Waals surface area contributed by atoms with Crippen LogP contribution in [0, 0.1) is 29.6 Å². The molecule has 3 aliphatic heterocycles. The number of carbonyl (C=O) groups excluding carboxylic acids is 5. The lowest BCUT2D eigenvalue weighted by Crippen LogP contribution is -2.64. The lowest BCUT2D eigenvalue weighted by atomic mass is 9.81. The van der Waals surface area contributed by atoms with E-state index in [2.05, 4.69) is 6.58 Å². The van der Waals surface area contributed by atoms with Crippen LogP contribution in [0.1, 0.15) is 105 Å². The number of esters is 2. The molecule has 0 aromatic carbocycles. The predicted molar refractivity (Wildman–Crippen MR) is 256 cm³/mol. The van der Waals surface area contributed by atoms with Crippen molar-refractivity contribution in [1.82, 2.24) is 4.90 Å². The lowest BCUT2D eigenvalue weighted by molar-refractivity contribution is -0.302. The number of fused-ring (bicyclic) bond motifs is 3. The smallest absolute Gasteiger partial charge is 0.329 e. The van der Waals surface area contributed by atoms with E-state index in [1.807, 2.05) is 32.9 Å². The van der Waals surface area contributed by atoms with Crippen LogP contribution in [-0.4, -0.2) is 165 Å². The van der Waals surface area contributed by atoms with Crippen LogP contribution < -0.4 is 0 Å². The SMILES string of the molecule is C=CC[C@@H]1/C=C(\C)C[C@H](C)C[C@H](OC)[C@H]2O[C@@](O)(C(=O)C(=O)N3CCCC[C@H]3C(=O)O[C@H](C(C)=CC3CC[C@@H](OC(=O)CSCCOCCOC)[C@H](OC)C3)[C@H](C)[C@@H](O)CC1=O)[C@H](C)C[C@@H]2OC. The Balaban J connectivity index is 1.65. The highest BCUT2D eigenvalue weighted by atomic mass is 32.2. The number of methoxy groups -OCH3 is 4. The van der Waals surface area contributed by atoms with Gasteiger partial charge in [-0.2, -0.15) is 0 Å². The number of carbonyl (C=O) groups is 5. The number of amides is 1. The number of hydrogen-bond acceptors (Lipinski definition) is 16. The summed E-state index contributed by atoms with van der Waals surface area (Å²) in [5.74, 6) is -7.56. The maximum atomic E-state index is 14.5. The fraction of sp³-hybridized carbons (Fsp3) is 0.784. The van der Waals surface area contributed by atoms with Crippen LogP contribution >= 0.6 is 11.8 Å². The number of aliphatic hydroxyl groups excluding tert-OH is 1. The Labute approximate surface area is 408 Å². The molecule has 2 N–H and O–H groups in total. The van der Waals surface area contributed by atoms with Gasteiger partial charge in [-0.05, 0) is 95.5 Å². The summed E-state index contributed by atoms with van der Waals surface area (Å²) in [6, 6.07) is -1.18. The van der Waals surface area contributed by atoms with Crippen LogP contribution in [0.5, 0.6) is 0 Å². The Hall–Kier alpha value is -3.00. The number of thioether (sulfide) groups is 1. The molecular weight excluding hydrogens is 899 g/mol. The average Bonchev–Trinajstić information content (AvgIpc) is 3.31. The Morgan fingerprint density at radius 3 is 2.31 bits per heavy atom. The van der Waals surface area contributed by atoms with Gasteiger partial charge in [-0.15, -0.1) is 18.3 Å². The number of nitrogens with zero attached hydrogens (tertiary/aromatic N) is 1. The standard InChI is InChI=1S/C51H81NO15S/c1-11-14-37-24-31(2)23-32(3)25-43(62-9)47-44(63-10)27-34(5)51(59,67-47)48(56)49(57)52-18-13-12-15-38(52)50(58)66-46(35(6)39(53)29-40(37)54)33(4)26-36-16-17-41(42(28-36)61-8)65-45(55)30-68-22-21-64-20-19-60-7/h11,24,26,32,34-39,41-44,46-47,53,59H,1,12-23,25,27-30H2,2-10H3/b31-24+,33-26?/t32-,34+,35+,36?,37+,38-,39-,41+,42+,43-,44-,46+,47+,51+/m0/s1. The summed E-state index contributed by atoms with van der Waals surface area (Å²) >= 11 is 1.43. The number of aliphatic hydroxyl groups is 2. The zero-order chi connectivity index (χ0) is 50.1. The summed E-state index contributed by atoms with van der Waals surface area (Å²) in [5.41, 5.74) is 1.57. The minimum absolute atomic E-state index is 0.00940. The largest absolute Gasteiger partial charge is 0.459 e. The number of allylic oxidation sites excluding steroid dienone is 4. The minimum Gasteiger partial charge on any atom is -0.459 e. The molecule has 1 unspecified atom stereocenters. The number of rotatable bonds is 16. The normalized spacial score (nSPS) is 36.2. The Morgan fingerprint density at radius 2 is 1.63 bits per heavy atom. The van der Waals surface area contributed by atoms with Crippen molar-refractivity contribution in [2.45, 2.75) is 160 Å². The second-order valence-corrected chi connectivity index (χ2v) is 20.5. The molecule has 3 heterocycles. The van der Waals surface area contributed by atoms with Crippen molar-refractivity contribution >= 4 is 41.2 Å². The van der Waals surface area contributed by atoms with Crippen molar-refractivity contribution in [3.8, 4) is 0 Å². The van der Waals surface area contributed by atoms with E-state index in [1.54, 1.807) is 34.1 Å². The van der Waals surface area contributed by atoms with Gasteiger partial charge in [0.05, 0.1) is 50.0 Å². The van der Waals surface area contributed by atoms with Crippen molar-refractivity contribution < 1.29 is 72.1 Å². The van der Waals surface area contributed by atoms with Gasteiger partial charge in [0.15, 0.2) is 0 Å². The van der Waals surface area contributed by atoms with Crippen molar-refractivity contribution in [3.63, 3.8) is 0 Å². The van der Waals surface area contributed by atoms with E-state index in [-0.39, 0.29) is 55.1 Å². The first-order valence-electron chi connectivity index (χ1n) is 24.5. The summed E-state index contributed by atoms with van der Waals surface area (Å²) in [4.78, 5) is 71.3. The zero-order valence-electron chi connectivity index (χ0n) is 42.0. The van der Waals surface area contributed by atoms with Gasteiger partial charge in [-0.1, -0.05) is 44.6 Å². The van der Waals surface area contributed by atoms with Gasteiger partial charge in [0.1, 0.15) is 30.1 Å². The molecule has 386 valence electrons. The molecule has 2 saturated heterocycles. The molecule has 4 rings (SSSR count). The maximum Gasteiger partial charge on any atom is 0.329 e. The van der Waals surface area contributed by atoms with Crippen LogP contribution in [0.15, 0.2) is 36.0 Å². The van der Waals surface area contributed by atoms with Gasteiger partial charge in [-0.3, -0.25) is 19.2 Å². The second kappa shape index (κ2) is 28.1. The van der Waals surface area contributed by atoms with Gasteiger partial charge in [0.2, 0.25) is 5.79 Å². The summed E-state index contributed by atoms with van der Waals surface area (Å²) in [5, 5.41) is 24.0.